The molecule has 0 N–H and O–H groups in total. The van der Waals surface area contributed by atoms with Gasteiger partial charge in [-0.25, -0.2) is 0 Å². The van der Waals surface area contributed by atoms with Crippen LogP contribution in [-0.2, 0) is 4.79 Å². The lowest BCUT2D eigenvalue weighted by atomic mass is 10.1. The van der Waals surface area contributed by atoms with E-state index in [0.717, 1.165) is 0 Å². The Bertz CT molecular complexity index is 603. The Morgan fingerprint density at radius 3 is 2.63 bits per heavy atom. The van der Waals surface area contributed by atoms with Crippen LogP contribution in [0, 0.1) is 21.4 Å². The molecule has 0 aromatic heterocycles. The number of hydrogen-bond acceptors (Lipinski definition) is 4. The summed E-state index contributed by atoms with van der Waals surface area (Å²) in [5.74, 6) is -0.472. The molecule has 0 saturated carbocycles. The van der Waals surface area contributed by atoms with E-state index in [1.54, 1.807) is 6.07 Å². The van der Waals surface area contributed by atoms with E-state index in [0.29, 0.717) is 5.56 Å². The van der Waals surface area contributed by atoms with Gasteiger partial charge in [0.1, 0.15) is 16.7 Å². The van der Waals surface area contributed by atoms with E-state index >= 15 is 0 Å². The average Bonchev–Trinajstić information content (AvgIpc) is 2.36. The number of carbonyl (C=O) groups excluding carboxylic acids is 1. The van der Waals surface area contributed by atoms with E-state index in [2.05, 4.69) is 0 Å². The second kappa shape index (κ2) is 5.98. The minimum atomic E-state index is -0.626. The number of nitro groups is 1. The van der Waals surface area contributed by atoms with Gasteiger partial charge in [-0.1, -0.05) is 17.7 Å². The predicted molar refractivity (Wildman–Crippen MR) is 70.4 cm³/mol. The number of rotatable bonds is 3. The zero-order valence-corrected chi connectivity index (χ0v) is 11.0. The molecule has 0 spiro atoms. The van der Waals surface area contributed by atoms with Crippen LogP contribution in [0.25, 0.3) is 6.08 Å². The molecule has 7 heteroatoms. The van der Waals surface area contributed by atoms with Crippen molar-refractivity contribution in [3.05, 3.63) is 44.5 Å². The van der Waals surface area contributed by atoms with Crippen molar-refractivity contribution in [3.8, 4) is 6.07 Å². The molecule has 0 heterocycles. The topological polar surface area (TPSA) is 87.2 Å². The first-order valence-corrected chi connectivity index (χ1v) is 5.52. The quantitative estimate of drug-likeness (QED) is 0.367. The van der Waals surface area contributed by atoms with Crippen LogP contribution in [0.5, 0.6) is 0 Å². The summed E-state index contributed by atoms with van der Waals surface area (Å²) in [4.78, 5) is 23.0. The Hall–Kier alpha value is -2.39. The summed E-state index contributed by atoms with van der Waals surface area (Å²) < 4.78 is 0. The van der Waals surface area contributed by atoms with Crippen LogP contribution in [0.3, 0.4) is 0 Å². The van der Waals surface area contributed by atoms with Crippen molar-refractivity contribution in [2.75, 3.05) is 14.1 Å². The van der Waals surface area contributed by atoms with Crippen LogP contribution < -0.4 is 0 Å². The van der Waals surface area contributed by atoms with E-state index < -0.39 is 10.8 Å². The van der Waals surface area contributed by atoms with E-state index in [1.807, 2.05) is 0 Å². The zero-order valence-electron chi connectivity index (χ0n) is 10.3. The highest BCUT2D eigenvalue weighted by Gasteiger charge is 2.14. The summed E-state index contributed by atoms with van der Waals surface area (Å²) in [6, 6.07) is 5.82. The molecule has 19 heavy (non-hydrogen) atoms. The van der Waals surface area contributed by atoms with Crippen molar-refractivity contribution in [2.45, 2.75) is 0 Å². The lowest BCUT2D eigenvalue weighted by Crippen LogP contribution is -2.22. The highest BCUT2D eigenvalue weighted by molar-refractivity contribution is 6.32. The molecule has 0 saturated heterocycles. The van der Waals surface area contributed by atoms with Gasteiger partial charge in [-0.15, -0.1) is 0 Å². The van der Waals surface area contributed by atoms with Gasteiger partial charge in [0.15, 0.2) is 0 Å². The monoisotopic (exact) mass is 279 g/mol. The number of carbonyl (C=O) groups is 1. The van der Waals surface area contributed by atoms with E-state index in [-0.39, 0.29) is 16.3 Å². The van der Waals surface area contributed by atoms with Gasteiger partial charge in [0.2, 0.25) is 0 Å². The smallest absolute Gasteiger partial charge is 0.288 e. The first-order valence-electron chi connectivity index (χ1n) is 5.14. The lowest BCUT2D eigenvalue weighted by Gasteiger charge is -2.08. The molecular formula is C12H10ClN3O3. The van der Waals surface area contributed by atoms with Gasteiger partial charge in [-0.3, -0.25) is 14.9 Å². The van der Waals surface area contributed by atoms with Gasteiger partial charge in [0.05, 0.1) is 4.92 Å². The van der Waals surface area contributed by atoms with Gasteiger partial charge in [-0.2, -0.15) is 5.26 Å². The van der Waals surface area contributed by atoms with Crippen LogP contribution in [0.4, 0.5) is 5.69 Å². The molecule has 0 aliphatic rings. The Labute approximate surface area is 114 Å². The molecule has 98 valence electrons. The van der Waals surface area contributed by atoms with Crippen molar-refractivity contribution < 1.29 is 9.72 Å². The lowest BCUT2D eigenvalue weighted by molar-refractivity contribution is -0.384. The maximum absolute atomic E-state index is 11.6. The summed E-state index contributed by atoms with van der Waals surface area (Å²) in [5.41, 5.74) is -0.0190. The van der Waals surface area contributed by atoms with Gasteiger partial charge in [-0.05, 0) is 17.7 Å². The summed E-state index contributed by atoms with van der Waals surface area (Å²) in [5, 5.41) is 19.6. The van der Waals surface area contributed by atoms with Crippen LogP contribution >= 0.6 is 11.6 Å². The van der Waals surface area contributed by atoms with Crippen molar-refractivity contribution in [2.24, 2.45) is 0 Å². The first-order chi connectivity index (χ1) is 8.86. The molecule has 6 nitrogen and oxygen atoms in total. The van der Waals surface area contributed by atoms with E-state index in [4.69, 9.17) is 16.9 Å². The van der Waals surface area contributed by atoms with Crippen LogP contribution in [0.15, 0.2) is 23.8 Å². The summed E-state index contributed by atoms with van der Waals surface area (Å²) in [6.07, 6.45) is 1.28. The summed E-state index contributed by atoms with van der Waals surface area (Å²) in [6.45, 7) is 0. The van der Waals surface area contributed by atoms with Crippen molar-refractivity contribution in [1.82, 2.24) is 4.90 Å². The Morgan fingerprint density at radius 2 is 2.16 bits per heavy atom. The first kappa shape index (κ1) is 14.7. The zero-order chi connectivity index (χ0) is 14.6. The van der Waals surface area contributed by atoms with Crippen LogP contribution in [-0.4, -0.2) is 29.8 Å². The number of nitrogens with zero attached hydrogens (tertiary/aromatic N) is 3. The normalized spacial score (nSPS) is 10.7. The number of likely N-dealkylation sites (N-methyl/N-ethyl adjacent to an activating group) is 1. The minimum absolute atomic E-state index is 0.000376. The minimum Gasteiger partial charge on any atom is -0.344 e. The summed E-state index contributed by atoms with van der Waals surface area (Å²) in [7, 11) is 3.02. The molecule has 1 aromatic rings. The fourth-order valence-corrected chi connectivity index (χ4v) is 1.50. The standard InChI is InChI=1S/C12H10ClN3O3/c1-15(2)12(17)9(7-14)5-8-3-4-10(13)11(6-8)16(18)19/h3-6H,1-2H3/b9-5+. The third kappa shape index (κ3) is 3.53. The molecule has 1 aromatic carbocycles. The number of hydrogen-bond donors (Lipinski definition) is 0. The second-order valence-electron chi connectivity index (χ2n) is 3.84. The summed E-state index contributed by atoms with van der Waals surface area (Å²) >= 11 is 5.67. The highest BCUT2D eigenvalue weighted by Crippen LogP contribution is 2.26. The molecule has 0 fully saturated rings. The average molecular weight is 280 g/mol. The Morgan fingerprint density at radius 1 is 1.53 bits per heavy atom. The van der Waals surface area contributed by atoms with Crippen LogP contribution in [0.1, 0.15) is 5.56 Å². The predicted octanol–water partition coefficient (Wildman–Crippen LogP) is 2.24. The van der Waals surface area contributed by atoms with Gasteiger partial charge in [0, 0.05) is 20.2 Å². The molecule has 0 unspecified atom stereocenters. The molecule has 0 aliphatic carbocycles. The van der Waals surface area contributed by atoms with Crippen LogP contribution in [0.2, 0.25) is 5.02 Å². The fourth-order valence-electron chi connectivity index (χ4n) is 1.31. The largest absolute Gasteiger partial charge is 0.344 e. The van der Waals surface area contributed by atoms with Gasteiger partial charge >= 0.3 is 0 Å². The second-order valence-corrected chi connectivity index (χ2v) is 4.24. The molecule has 0 aliphatic heterocycles. The highest BCUT2D eigenvalue weighted by atomic mass is 35.5. The molecule has 1 amide bonds. The fraction of sp³-hybridized carbons (Fsp3) is 0.167. The maximum atomic E-state index is 11.6. The van der Waals surface area contributed by atoms with Gasteiger partial charge in [0.25, 0.3) is 11.6 Å². The van der Waals surface area contributed by atoms with E-state index in [1.165, 1.54) is 43.3 Å². The Balaban J connectivity index is 3.24. The van der Waals surface area contributed by atoms with Crippen molar-refractivity contribution in [3.63, 3.8) is 0 Å². The van der Waals surface area contributed by atoms with Crippen molar-refractivity contribution >= 4 is 29.3 Å². The number of amides is 1. The molecular weight excluding hydrogens is 270 g/mol. The van der Waals surface area contributed by atoms with Crippen molar-refractivity contribution in [1.29, 1.82) is 5.26 Å². The van der Waals surface area contributed by atoms with Gasteiger partial charge < -0.3 is 4.90 Å². The third-order valence-electron chi connectivity index (χ3n) is 2.23. The SMILES string of the molecule is CN(C)C(=O)/C(C#N)=C/c1ccc(Cl)c([N+](=O)[O-])c1. The molecule has 0 atom stereocenters. The number of halogens is 1. The molecule has 0 bridgehead atoms. The number of nitro benzene ring substituents is 1. The molecule has 1 rings (SSSR count). The Kier molecular flexibility index (Phi) is 4.62. The van der Waals surface area contributed by atoms with E-state index in [9.17, 15) is 14.9 Å². The number of nitriles is 1. The number of benzene rings is 1. The third-order valence-corrected chi connectivity index (χ3v) is 2.55. The molecule has 0 radical (unpaired) electrons. The maximum Gasteiger partial charge on any atom is 0.288 e.